The van der Waals surface area contributed by atoms with Gasteiger partial charge in [0.05, 0.1) is 6.04 Å². The quantitative estimate of drug-likeness (QED) is 0.638. The molecule has 0 radical (unpaired) electrons. The monoisotopic (exact) mass is 522 g/mol. The Labute approximate surface area is 218 Å². The zero-order valence-corrected chi connectivity index (χ0v) is 20.8. The molecule has 1 saturated heterocycles. The van der Waals surface area contributed by atoms with Crippen LogP contribution >= 0.6 is 0 Å². The van der Waals surface area contributed by atoms with E-state index in [4.69, 9.17) is 9.47 Å². The number of nitrogens with one attached hydrogen (secondary N) is 2. The van der Waals surface area contributed by atoms with E-state index in [9.17, 15) is 23.6 Å². The summed E-state index contributed by atoms with van der Waals surface area (Å²) in [5.41, 5.74) is 0.933. The Hall–Kier alpha value is -4.15. The van der Waals surface area contributed by atoms with E-state index < -0.39 is 35.9 Å². The van der Waals surface area contributed by atoms with Crippen LogP contribution in [0.25, 0.3) is 0 Å². The highest BCUT2D eigenvalue weighted by atomic mass is 19.1. The number of fused-ring (bicyclic) bond motifs is 3. The van der Waals surface area contributed by atoms with Crippen molar-refractivity contribution in [1.82, 2.24) is 15.1 Å². The SMILES string of the molecule is CNC(=O)Nc1ccc2c(c1)CC[C@]21OC(=O)N(CC(=O)N2Cc3cc(F)ccc3OCC2C2CC2)C1=O. The second-order valence-corrected chi connectivity index (χ2v) is 10.2. The van der Waals surface area contributed by atoms with Crippen molar-refractivity contribution in [3.63, 3.8) is 0 Å². The molecule has 2 heterocycles. The Morgan fingerprint density at radius 2 is 1.95 bits per heavy atom. The maximum Gasteiger partial charge on any atom is 0.418 e. The minimum atomic E-state index is -1.49. The highest BCUT2D eigenvalue weighted by Gasteiger charge is 2.58. The Morgan fingerprint density at radius 1 is 1.13 bits per heavy atom. The van der Waals surface area contributed by atoms with Gasteiger partial charge < -0.3 is 25.0 Å². The molecule has 4 aliphatic rings. The number of amides is 5. The van der Waals surface area contributed by atoms with Crippen LogP contribution in [0.4, 0.5) is 19.7 Å². The largest absolute Gasteiger partial charge is 0.491 e. The third-order valence-corrected chi connectivity index (χ3v) is 7.80. The summed E-state index contributed by atoms with van der Waals surface area (Å²) in [6.07, 6.45) is 1.74. The number of urea groups is 1. The Bertz CT molecular complexity index is 1360. The zero-order chi connectivity index (χ0) is 26.6. The molecule has 1 saturated carbocycles. The number of ether oxygens (including phenoxy) is 2. The van der Waals surface area contributed by atoms with Crippen LogP contribution in [0, 0.1) is 11.7 Å². The topological polar surface area (TPSA) is 117 Å². The molecule has 2 aromatic rings. The first kappa shape index (κ1) is 24.2. The molecular weight excluding hydrogens is 495 g/mol. The number of aryl methyl sites for hydroxylation is 1. The summed E-state index contributed by atoms with van der Waals surface area (Å²) in [6, 6.07) is 8.67. The van der Waals surface area contributed by atoms with E-state index >= 15 is 0 Å². The molecular formula is C27H27FN4O6. The number of hydrogen-bond acceptors (Lipinski definition) is 6. The van der Waals surface area contributed by atoms with Gasteiger partial charge in [-0.1, -0.05) is 6.07 Å². The van der Waals surface area contributed by atoms with Crippen LogP contribution in [0.1, 0.15) is 36.0 Å². The molecule has 2 fully saturated rings. The molecule has 2 aliphatic carbocycles. The van der Waals surface area contributed by atoms with E-state index in [1.165, 1.54) is 19.2 Å². The molecule has 6 rings (SSSR count). The second kappa shape index (κ2) is 9.00. The van der Waals surface area contributed by atoms with Crippen LogP contribution in [0.15, 0.2) is 36.4 Å². The van der Waals surface area contributed by atoms with E-state index in [2.05, 4.69) is 10.6 Å². The summed E-state index contributed by atoms with van der Waals surface area (Å²) in [4.78, 5) is 54.3. The van der Waals surface area contributed by atoms with Gasteiger partial charge in [0, 0.05) is 36.8 Å². The predicted molar refractivity (Wildman–Crippen MR) is 132 cm³/mol. The first-order chi connectivity index (χ1) is 18.3. The Balaban J connectivity index is 1.23. The molecule has 0 bridgehead atoms. The number of rotatable bonds is 4. The van der Waals surface area contributed by atoms with Crippen LogP contribution in [-0.4, -0.2) is 60.0 Å². The van der Waals surface area contributed by atoms with Crippen LogP contribution in [0.3, 0.4) is 0 Å². The van der Waals surface area contributed by atoms with Gasteiger partial charge in [0.1, 0.15) is 24.7 Å². The van der Waals surface area contributed by atoms with Crippen molar-refractivity contribution >= 4 is 29.6 Å². The molecule has 38 heavy (non-hydrogen) atoms. The van der Waals surface area contributed by atoms with E-state index in [1.807, 2.05) is 0 Å². The normalized spacial score (nSPS) is 23.9. The fourth-order valence-electron chi connectivity index (χ4n) is 5.67. The summed E-state index contributed by atoms with van der Waals surface area (Å²) < 4.78 is 25.5. The van der Waals surface area contributed by atoms with Crippen molar-refractivity contribution in [3.05, 3.63) is 58.9 Å². The number of anilines is 1. The molecule has 1 spiro atoms. The van der Waals surface area contributed by atoms with E-state index in [1.54, 1.807) is 29.2 Å². The molecule has 0 aromatic heterocycles. The van der Waals surface area contributed by atoms with Crippen molar-refractivity contribution < 1.29 is 33.0 Å². The third kappa shape index (κ3) is 4.02. The summed E-state index contributed by atoms with van der Waals surface area (Å²) in [7, 11) is 1.51. The number of carbonyl (C=O) groups excluding carboxylic acids is 4. The molecule has 2 aromatic carbocycles. The zero-order valence-electron chi connectivity index (χ0n) is 20.8. The van der Waals surface area contributed by atoms with Crippen LogP contribution < -0.4 is 15.4 Å². The minimum Gasteiger partial charge on any atom is -0.491 e. The van der Waals surface area contributed by atoms with Gasteiger partial charge in [-0.25, -0.2) is 18.9 Å². The van der Waals surface area contributed by atoms with E-state index in [-0.39, 0.29) is 37.6 Å². The van der Waals surface area contributed by atoms with Crippen LogP contribution in [0.2, 0.25) is 0 Å². The predicted octanol–water partition coefficient (Wildman–Crippen LogP) is 2.90. The number of nitrogens with zero attached hydrogens (tertiary/aromatic N) is 2. The molecule has 2 atom stereocenters. The number of halogens is 1. The smallest absolute Gasteiger partial charge is 0.418 e. The fourth-order valence-corrected chi connectivity index (χ4v) is 5.67. The summed E-state index contributed by atoms with van der Waals surface area (Å²) >= 11 is 0. The average Bonchev–Trinajstić information content (AvgIpc) is 3.66. The maximum absolute atomic E-state index is 14.0. The van der Waals surface area contributed by atoms with Gasteiger partial charge >= 0.3 is 12.1 Å². The lowest BCUT2D eigenvalue weighted by Crippen LogP contribution is -2.49. The van der Waals surface area contributed by atoms with Crippen molar-refractivity contribution in [2.75, 3.05) is 25.5 Å². The van der Waals surface area contributed by atoms with Crippen molar-refractivity contribution in [3.8, 4) is 5.75 Å². The van der Waals surface area contributed by atoms with Crippen LogP contribution in [0.5, 0.6) is 5.75 Å². The lowest BCUT2D eigenvalue weighted by atomic mass is 9.94. The number of carbonyl (C=O) groups is 4. The summed E-state index contributed by atoms with van der Waals surface area (Å²) in [5.74, 6) is -0.658. The lowest BCUT2D eigenvalue weighted by Gasteiger charge is -2.30. The number of benzene rings is 2. The standard InChI is InChI=1S/C27H27FN4O6/c1-29-25(35)30-19-5-6-20-16(11-19)8-9-27(20)24(34)32(26(36)38-27)13-23(33)31-12-17-10-18(28)4-7-22(17)37-14-21(31)15-2-3-15/h4-7,10-11,15,21H,2-3,8-9,12-14H2,1H3,(H2,29,30,35)/t21?,27-/m0/s1. The van der Waals surface area contributed by atoms with Crippen molar-refractivity contribution in [2.24, 2.45) is 5.92 Å². The van der Waals surface area contributed by atoms with Gasteiger partial charge in [-0.2, -0.15) is 0 Å². The average molecular weight is 523 g/mol. The highest BCUT2D eigenvalue weighted by molar-refractivity contribution is 6.06. The van der Waals surface area contributed by atoms with Gasteiger partial charge in [-0.3, -0.25) is 9.59 Å². The summed E-state index contributed by atoms with van der Waals surface area (Å²) in [6.45, 7) is -0.0879. The third-order valence-electron chi connectivity index (χ3n) is 7.80. The highest BCUT2D eigenvalue weighted by Crippen LogP contribution is 2.46. The lowest BCUT2D eigenvalue weighted by molar-refractivity contribution is -0.143. The van der Waals surface area contributed by atoms with Crippen molar-refractivity contribution in [2.45, 2.75) is 43.9 Å². The summed E-state index contributed by atoms with van der Waals surface area (Å²) in [5, 5.41) is 5.17. The molecule has 11 heteroatoms. The molecule has 2 aliphatic heterocycles. The van der Waals surface area contributed by atoms with Gasteiger partial charge in [0.25, 0.3) is 5.91 Å². The Kier molecular flexibility index (Phi) is 5.73. The molecule has 10 nitrogen and oxygen atoms in total. The maximum atomic E-state index is 14.0. The van der Waals surface area contributed by atoms with E-state index in [0.717, 1.165) is 23.3 Å². The van der Waals surface area contributed by atoms with Gasteiger partial charge in [-0.15, -0.1) is 0 Å². The van der Waals surface area contributed by atoms with Gasteiger partial charge in [0.15, 0.2) is 0 Å². The minimum absolute atomic E-state index is 0.124. The van der Waals surface area contributed by atoms with Gasteiger partial charge in [0.2, 0.25) is 11.5 Å². The number of imide groups is 1. The Morgan fingerprint density at radius 3 is 2.71 bits per heavy atom. The molecule has 5 amide bonds. The van der Waals surface area contributed by atoms with Crippen molar-refractivity contribution in [1.29, 1.82) is 0 Å². The van der Waals surface area contributed by atoms with Crippen LogP contribution in [-0.2, 0) is 32.9 Å². The fraction of sp³-hybridized carbons (Fsp3) is 0.407. The molecule has 1 unspecified atom stereocenters. The first-order valence-electron chi connectivity index (χ1n) is 12.7. The molecule has 198 valence electrons. The number of hydrogen-bond donors (Lipinski definition) is 2. The molecule has 2 N–H and O–H groups in total. The van der Waals surface area contributed by atoms with Gasteiger partial charge in [-0.05, 0) is 61.1 Å². The van der Waals surface area contributed by atoms with E-state index in [0.29, 0.717) is 29.0 Å². The first-order valence-corrected chi connectivity index (χ1v) is 12.7. The second-order valence-electron chi connectivity index (χ2n) is 10.2.